The van der Waals surface area contributed by atoms with Crippen molar-refractivity contribution >= 4 is 0 Å². The molecule has 1 rings (SSSR count). The molecule has 0 aromatic rings. The van der Waals surface area contributed by atoms with Gasteiger partial charge in [0.2, 0.25) is 0 Å². The second-order valence-corrected chi connectivity index (χ2v) is 5.03. The lowest BCUT2D eigenvalue weighted by Gasteiger charge is -2.40. The quantitative estimate of drug-likeness (QED) is 0.732. The molecule has 16 heavy (non-hydrogen) atoms. The van der Waals surface area contributed by atoms with Crippen molar-refractivity contribution in [1.82, 2.24) is 4.90 Å². The Kier molecular flexibility index (Phi) is 5.69. The molecule has 1 aliphatic heterocycles. The summed E-state index contributed by atoms with van der Waals surface area (Å²) in [7, 11) is 3.80. The highest BCUT2D eigenvalue weighted by atomic mass is 16.5. The molecule has 1 saturated heterocycles. The molecule has 0 aromatic carbocycles. The molecule has 4 nitrogen and oxygen atoms in total. The lowest BCUT2D eigenvalue weighted by Crippen LogP contribution is -2.47. The monoisotopic (exact) mass is 231 g/mol. The maximum atomic E-state index is 9.56. The molecule has 0 spiro atoms. The molecular formula is C12H25NO3. The Hall–Kier alpha value is -0.160. The van der Waals surface area contributed by atoms with Gasteiger partial charge in [-0.1, -0.05) is 0 Å². The van der Waals surface area contributed by atoms with Crippen LogP contribution in [0.1, 0.15) is 19.8 Å². The highest BCUT2D eigenvalue weighted by Crippen LogP contribution is 2.29. The zero-order valence-corrected chi connectivity index (χ0v) is 10.7. The maximum absolute atomic E-state index is 9.56. The number of ether oxygens (including phenoxy) is 2. The van der Waals surface area contributed by atoms with Gasteiger partial charge in [-0.25, -0.2) is 0 Å². The Labute approximate surface area is 98.5 Å². The molecule has 1 heterocycles. The van der Waals surface area contributed by atoms with Crippen LogP contribution in [0.15, 0.2) is 0 Å². The van der Waals surface area contributed by atoms with E-state index in [0.29, 0.717) is 12.6 Å². The third kappa shape index (κ3) is 3.70. The van der Waals surface area contributed by atoms with Crippen molar-refractivity contribution < 1.29 is 14.6 Å². The van der Waals surface area contributed by atoms with E-state index in [1.54, 1.807) is 7.11 Å². The van der Waals surface area contributed by atoms with Gasteiger partial charge in [-0.15, -0.1) is 0 Å². The first-order valence-corrected chi connectivity index (χ1v) is 6.01. The Morgan fingerprint density at radius 2 is 2.31 bits per heavy atom. The summed E-state index contributed by atoms with van der Waals surface area (Å²) in [6.07, 6.45) is 2.10. The molecule has 1 aliphatic rings. The van der Waals surface area contributed by atoms with Crippen LogP contribution in [0.3, 0.4) is 0 Å². The summed E-state index contributed by atoms with van der Waals surface area (Å²) in [5.41, 5.74) is -0.0744. The number of rotatable bonds is 6. The summed E-state index contributed by atoms with van der Waals surface area (Å²) in [6, 6.07) is 0.371. The molecule has 0 amide bonds. The van der Waals surface area contributed by atoms with E-state index >= 15 is 0 Å². The van der Waals surface area contributed by atoms with Gasteiger partial charge in [0.15, 0.2) is 0 Å². The van der Waals surface area contributed by atoms with Gasteiger partial charge in [-0.05, 0) is 26.8 Å². The van der Waals surface area contributed by atoms with Gasteiger partial charge in [-0.3, -0.25) is 0 Å². The third-order valence-electron chi connectivity index (χ3n) is 3.48. The number of likely N-dealkylation sites (N-methyl/N-ethyl adjacent to an activating group) is 1. The average Bonchev–Trinajstić information content (AvgIpc) is 2.30. The molecular weight excluding hydrogens is 206 g/mol. The van der Waals surface area contributed by atoms with Gasteiger partial charge in [0.05, 0.1) is 19.8 Å². The third-order valence-corrected chi connectivity index (χ3v) is 3.48. The normalized spacial score (nSPS) is 28.3. The van der Waals surface area contributed by atoms with Crippen LogP contribution in [0.25, 0.3) is 0 Å². The Balaban J connectivity index is 2.48. The summed E-state index contributed by atoms with van der Waals surface area (Å²) in [5.74, 6) is 0. The van der Waals surface area contributed by atoms with E-state index < -0.39 is 0 Å². The molecule has 0 aromatic heterocycles. The van der Waals surface area contributed by atoms with Crippen LogP contribution < -0.4 is 0 Å². The van der Waals surface area contributed by atoms with Gasteiger partial charge >= 0.3 is 0 Å². The fraction of sp³-hybridized carbons (Fsp3) is 1.00. The average molecular weight is 231 g/mol. The highest BCUT2D eigenvalue weighted by molar-refractivity contribution is 4.85. The lowest BCUT2D eigenvalue weighted by molar-refractivity contribution is -0.0594. The topological polar surface area (TPSA) is 41.9 Å². The van der Waals surface area contributed by atoms with Gasteiger partial charge in [0.25, 0.3) is 0 Å². The van der Waals surface area contributed by atoms with Crippen molar-refractivity contribution in [2.24, 2.45) is 5.41 Å². The Morgan fingerprint density at radius 1 is 1.56 bits per heavy atom. The summed E-state index contributed by atoms with van der Waals surface area (Å²) in [4.78, 5) is 2.24. The summed E-state index contributed by atoms with van der Waals surface area (Å²) in [5, 5.41) is 9.56. The zero-order valence-electron chi connectivity index (χ0n) is 10.7. The molecule has 2 unspecified atom stereocenters. The number of aliphatic hydroxyl groups excluding tert-OH is 1. The standard InChI is InChI=1S/C12H25NO3/c1-11(7-15-3)13(2)8-12(9-14)5-4-6-16-10-12/h11,14H,4-10H2,1-3H3. The van der Waals surface area contributed by atoms with Gasteiger partial charge < -0.3 is 19.5 Å². The van der Waals surface area contributed by atoms with Crippen molar-refractivity contribution in [3.63, 3.8) is 0 Å². The molecule has 1 N–H and O–H groups in total. The number of aliphatic hydroxyl groups is 1. The predicted octanol–water partition coefficient (Wildman–Crippen LogP) is 0.742. The van der Waals surface area contributed by atoms with E-state index in [2.05, 4.69) is 18.9 Å². The summed E-state index contributed by atoms with van der Waals surface area (Å²) in [6.45, 7) is 5.44. The van der Waals surface area contributed by atoms with Crippen LogP contribution in [0.2, 0.25) is 0 Å². The molecule has 0 radical (unpaired) electrons. The van der Waals surface area contributed by atoms with Crippen LogP contribution in [0.5, 0.6) is 0 Å². The smallest absolute Gasteiger partial charge is 0.0615 e. The van der Waals surface area contributed by atoms with Crippen molar-refractivity contribution in [3.05, 3.63) is 0 Å². The molecule has 2 atom stereocenters. The molecule has 4 heteroatoms. The summed E-state index contributed by atoms with van der Waals surface area (Å²) >= 11 is 0. The fourth-order valence-electron chi connectivity index (χ4n) is 2.26. The lowest BCUT2D eigenvalue weighted by atomic mass is 9.82. The first-order chi connectivity index (χ1) is 7.63. The highest BCUT2D eigenvalue weighted by Gasteiger charge is 2.34. The van der Waals surface area contributed by atoms with Crippen LogP contribution in [0.4, 0.5) is 0 Å². The summed E-state index contributed by atoms with van der Waals surface area (Å²) < 4.78 is 10.6. The Bertz CT molecular complexity index is 193. The number of hydrogen-bond donors (Lipinski definition) is 1. The van der Waals surface area contributed by atoms with Crippen LogP contribution >= 0.6 is 0 Å². The van der Waals surface area contributed by atoms with E-state index in [9.17, 15) is 5.11 Å². The van der Waals surface area contributed by atoms with Crippen molar-refractivity contribution in [2.75, 3.05) is 47.1 Å². The first kappa shape index (κ1) is 13.9. The van der Waals surface area contributed by atoms with E-state index in [1.165, 1.54) is 0 Å². The second kappa shape index (κ2) is 6.55. The number of nitrogens with zero attached hydrogens (tertiary/aromatic N) is 1. The minimum atomic E-state index is -0.0744. The second-order valence-electron chi connectivity index (χ2n) is 5.03. The van der Waals surface area contributed by atoms with Crippen LogP contribution in [0, 0.1) is 5.41 Å². The molecule has 0 saturated carbocycles. The van der Waals surface area contributed by atoms with E-state index in [1.807, 2.05) is 0 Å². The van der Waals surface area contributed by atoms with E-state index in [4.69, 9.17) is 9.47 Å². The van der Waals surface area contributed by atoms with E-state index in [-0.39, 0.29) is 12.0 Å². The minimum Gasteiger partial charge on any atom is -0.396 e. The van der Waals surface area contributed by atoms with Crippen molar-refractivity contribution in [2.45, 2.75) is 25.8 Å². The van der Waals surface area contributed by atoms with E-state index in [0.717, 1.165) is 32.6 Å². The van der Waals surface area contributed by atoms with Crippen molar-refractivity contribution in [1.29, 1.82) is 0 Å². The predicted molar refractivity (Wildman–Crippen MR) is 63.5 cm³/mol. The Morgan fingerprint density at radius 3 is 2.81 bits per heavy atom. The van der Waals surface area contributed by atoms with Crippen LogP contribution in [-0.2, 0) is 9.47 Å². The fourth-order valence-corrected chi connectivity index (χ4v) is 2.26. The van der Waals surface area contributed by atoms with Gasteiger partial charge in [0, 0.05) is 31.7 Å². The van der Waals surface area contributed by atoms with Crippen molar-refractivity contribution in [3.8, 4) is 0 Å². The molecule has 0 aliphatic carbocycles. The minimum absolute atomic E-state index is 0.0744. The van der Waals surface area contributed by atoms with Gasteiger partial charge in [0.1, 0.15) is 0 Å². The molecule has 1 fully saturated rings. The molecule has 0 bridgehead atoms. The first-order valence-electron chi connectivity index (χ1n) is 6.01. The zero-order chi connectivity index (χ0) is 12.0. The number of hydrogen-bond acceptors (Lipinski definition) is 4. The van der Waals surface area contributed by atoms with Gasteiger partial charge in [-0.2, -0.15) is 0 Å². The number of methoxy groups -OCH3 is 1. The SMILES string of the molecule is COCC(C)N(C)CC1(CO)CCCOC1. The largest absolute Gasteiger partial charge is 0.396 e. The molecule has 96 valence electrons. The van der Waals surface area contributed by atoms with Crippen LogP contribution in [-0.4, -0.2) is 63.2 Å². The maximum Gasteiger partial charge on any atom is 0.0615 e.